The fourth-order valence-corrected chi connectivity index (χ4v) is 4.56. The van der Waals surface area contributed by atoms with Crippen LogP contribution in [0.25, 0.3) is 0 Å². The average molecular weight is 315 g/mol. The normalized spacial score (nSPS) is 16.7. The Bertz CT molecular complexity index is 657. The monoisotopic (exact) mass is 315 g/mol. The molecule has 2 aromatic carbocycles. The first-order valence-electron chi connectivity index (χ1n) is 7.26. The molecule has 0 unspecified atom stereocenters. The fraction of sp³-hybridized carbons (Fsp3) is 0.222. The maximum Gasteiger partial charge on any atom is 0.199 e. The van der Waals surface area contributed by atoms with E-state index in [2.05, 4.69) is 6.58 Å². The van der Waals surface area contributed by atoms with E-state index in [-0.39, 0.29) is 6.04 Å². The zero-order valence-electron chi connectivity index (χ0n) is 13.0. The maximum atomic E-state index is 13.4. The smallest absolute Gasteiger partial charge is 0.199 e. The molecule has 0 amide bonds. The molecule has 0 heterocycles. The van der Waals surface area contributed by atoms with Crippen LogP contribution in [0.15, 0.2) is 73.1 Å². The van der Waals surface area contributed by atoms with Crippen LogP contribution in [0.1, 0.15) is 18.6 Å². The summed E-state index contributed by atoms with van der Waals surface area (Å²) in [6, 6.07) is 18.4. The Labute approximate surface area is 132 Å². The zero-order valence-corrected chi connectivity index (χ0v) is 13.9. The van der Waals surface area contributed by atoms with Gasteiger partial charge in [0.15, 0.2) is 7.29 Å². The summed E-state index contributed by atoms with van der Waals surface area (Å²) in [4.78, 5) is 0. The van der Waals surface area contributed by atoms with Crippen LogP contribution in [0.2, 0.25) is 0 Å². The SMILES string of the molecule is C=C[P@](=O)(c1ccccc1)N(C)[C@@H](C)[C@H](O)c1ccccc1. The molecule has 0 saturated heterocycles. The average Bonchev–Trinajstić information content (AvgIpc) is 2.60. The standard InChI is InChI=1S/C18H22NO2P/c1-4-22(21,17-13-9-6-10-14-17)19(3)15(2)18(20)16-11-7-5-8-12-16/h4-15,18,20H,1H2,2-3H3/t15-,18-,22-/m0/s1. The minimum absolute atomic E-state index is 0.313. The molecule has 0 saturated carbocycles. The van der Waals surface area contributed by atoms with Crippen molar-refractivity contribution in [3.8, 4) is 0 Å². The van der Waals surface area contributed by atoms with Gasteiger partial charge in [-0.3, -0.25) is 4.57 Å². The summed E-state index contributed by atoms with van der Waals surface area (Å²) < 4.78 is 15.1. The van der Waals surface area contributed by atoms with E-state index in [1.54, 1.807) is 11.7 Å². The van der Waals surface area contributed by atoms with Gasteiger partial charge in [0.25, 0.3) is 0 Å². The number of aliphatic hydroxyl groups is 1. The summed E-state index contributed by atoms with van der Waals surface area (Å²) in [5, 5.41) is 11.3. The molecular formula is C18H22NO2P. The quantitative estimate of drug-likeness (QED) is 0.825. The molecule has 0 fully saturated rings. The van der Waals surface area contributed by atoms with Gasteiger partial charge in [0.1, 0.15) is 0 Å². The van der Waals surface area contributed by atoms with Gasteiger partial charge in [-0.2, -0.15) is 0 Å². The number of aliphatic hydroxyl groups excluding tert-OH is 1. The molecule has 1 N–H and O–H groups in total. The number of rotatable bonds is 6. The second kappa shape index (κ2) is 7.06. The number of likely N-dealkylation sites (N-methyl/N-ethyl adjacent to an activating group) is 1. The van der Waals surface area contributed by atoms with Gasteiger partial charge in [0, 0.05) is 11.3 Å². The van der Waals surface area contributed by atoms with Crippen molar-refractivity contribution in [3.63, 3.8) is 0 Å². The molecule has 4 heteroatoms. The third kappa shape index (κ3) is 3.22. The highest BCUT2D eigenvalue weighted by molar-refractivity contribution is 7.72. The van der Waals surface area contributed by atoms with Crippen LogP contribution in [0.3, 0.4) is 0 Å². The second-order valence-corrected chi connectivity index (χ2v) is 8.07. The van der Waals surface area contributed by atoms with Crippen LogP contribution in [-0.4, -0.2) is 22.9 Å². The summed E-state index contributed by atoms with van der Waals surface area (Å²) >= 11 is 0. The van der Waals surface area contributed by atoms with Crippen molar-refractivity contribution in [2.24, 2.45) is 0 Å². The van der Waals surface area contributed by atoms with Crippen molar-refractivity contribution in [1.29, 1.82) is 0 Å². The van der Waals surface area contributed by atoms with Crippen molar-refractivity contribution in [2.75, 3.05) is 7.05 Å². The molecule has 0 aliphatic rings. The summed E-state index contributed by atoms with van der Waals surface area (Å²) in [7, 11) is -1.17. The summed E-state index contributed by atoms with van der Waals surface area (Å²) in [5.74, 6) is 1.50. The minimum atomic E-state index is -2.94. The zero-order chi connectivity index (χ0) is 16.2. The Morgan fingerprint density at radius 3 is 2.09 bits per heavy atom. The van der Waals surface area contributed by atoms with E-state index in [0.29, 0.717) is 0 Å². The van der Waals surface area contributed by atoms with Crippen molar-refractivity contribution in [3.05, 3.63) is 78.6 Å². The van der Waals surface area contributed by atoms with Gasteiger partial charge < -0.3 is 5.11 Å². The topological polar surface area (TPSA) is 40.5 Å². The van der Waals surface area contributed by atoms with E-state index in [1.165, 1.54) is 5.82 Å². The number of hydrogen-bond acceptors (Lipinski definition) is 2. The van der Waals surface area contributed by atoms with Gasteiger partial charge in [-0.05, 0) is 37.5 Å². The first-order chi connectivity index (χ1) is 10.5. The minimum Gasteiger partial charge on any atom is -0.387 e. The molecular weight excluding hydrogens is 293 g/mol. The first kappa shape index (κ1) is 16.7. The van der Waals surface area contributed by atoms with Gasteiger partial charge in [-0.25, -0.2) is 4.67 Å². The van der Waals surface area contributed by atoms with E-state index >= 15 is 0 Å². The molecule has 2 aromatic rings. The Kier molecular flexibility index (Phi) is 5.36. The van der Waals surface area contributed by atoms with Crippen molar-refractivity contribution >= 4 is 12.6 Å². The van der Waals surface area contributed by atoms with Gasteiger partial charge >= 0.3 is 0 Å². The molecule has 116 valence electrons. The van der Waals surface area contributed by atoms with Gasteiger partial charge in [-0.15, -0.1) is 0 Å². The third-order valence-electron chi connectivity index (χ3n) is 4.03. The Morgan fingerprint density at radius 1 is 1.09 bits per heavy atom. The first-order valence-corrected chi connectivity index (χ1v) is 8.99. The third-order valence-corrected chi connectivity index (χ3v) is 6.86. The van der Waals surface area contributed by atoms with E-state index in [0.717, 1.165) is 10.9 Å². The number of hydrogen-bond donors (Lipinski definition) is 1. The predicted octanol–water partition coefficient (Wildman–Crippen LogP) is 3.79. The highest BCUT2D eigenvalue weighted by Crippen LogP contribution is 2.51. The van der Waals surface area contributed by atoms with Crippen molar-refractivity contribution in [2.45, 2.75) is 19.1 Å². The molecule has 3 atom stereocenters. The van der Waals surface area contributed by atoms with Crippen molar-refractivity contribution in [1.82, 2.24) is 4.67 Å². The number of nitrogens with zero attached hydrogens (tertiary/aromatic N) is 1. The summed E-state index contributed by atoms with van der Waals surface area (Å²) in [5.41, 5.74) is 0.811. The lowest BCUT2D eigenvalue weighted by molar-refractivity contribution is 0.108. The van der Waals surface area contributed by atoms with Crippen LogP contribution in [0, 0.1) is 0 Å². The Hall–Kier alpha value is -1.67. The molecule has 22 heavy (non-hydrogen) atoms. The summed E-state index contributed by atoms with van der Waals surface area (Å²) in [6.45, 7) is 5.63. The molecule has 0 aliphatic carbocycles. The van der Waals surface area contributed by atoms with Crippen LogP contribution < -0.4 is 5.30 Å². The van der Waals surface area contributed by atoms with Gasteiger partial charge in [0.2, 0.25) is 0 Å². The lowest BCUT2D eigenvalue weighted by atomic mass is 10.0. The van der Waals surface area contributed by atoms with E-state index in [9.17, 15) is 9.67 Å². The largest absolute Gasteiger partial charge is 0.387 e. The van der Waals surface area contributed by atoms with Crippen LogP contribution >= 0.6 is 7.29 Å². The molecule has 0 aromatic heterocycles. The highest BCUT2D eigenvalue weighted by atomic mass is 31.2. The lowest BCUT2D eigenvalue weighted by Gasteiger charge is -2.34. The van der Waals surface area contributed by atoms with Gasteiger partial charge in [-0.1, -0.05) is 55.1 Å². The maximum absolute atomic E-state index is 13.4. The van der Waals surface area contributed by atoms with Gasteiger partial charge in [0.05, 0.1) is 6.10 Å². The Morgan fingerprint density at radius 2 is 1.59 bits per heavy atom. The molecule has 0 aliphatic heterocycles. The van der Waals surface area contributed by atoms with Crippen molar-refractivity contribution < 1.29 is 9.67 Å². The molecule has 3 nitrogen and oxygen atoms in total. The fourth-order valence-electron chi connectivity index (χ4n) is 2.46. The predicted molar refractivity (Wildman–Crippen MR) is 92.5 cm³/mol. The van der Waals surface area contributed by atoms with Crippen LogP contribution in [0.4, 0.5) is 0 Å². The van der Waals surface area contributed by atoms with E-state index in [4.69, 9.17) is 0 Å². The highest BCUT2D eigenvalue weighted by Gasteiger charge is 2.33. The van der Waals surface area contributed by atoms with E-state index < -0.39 is 13.4 Å². The molecule has 0 spiro atoms. The Balaban J connectivity index is 2.30. The van der Waals surface area contributed by atoms with Crippen LogP contribution in [0.5, 0.6) is 0 Å². The lowest BCUT2D eigenvalue weighted by Crippen LogP contribution is -2.34. The summed E-state index contributed by atoms with van der Waals surface area (Å²) in [6.07, 6.45) is -0.719. The molecule has 0 bridgehead atoms. The molecule has 2 rings (SSSR count). The number of benzene rings is 2. The van der Waals surface area contributed by atoms with E-state index in [1.807, 2.05) is 67.6 Å². The second-order valence-electron chi connectivity index (χ2n) is 5.31. The van der Waals surface area contributed by atoms with Crippen LogP contribution in [-0.2, 0) is 4.57 Å². The molecule has 0 radical (unpaired) electrons.